The Hall–Kier alpha value is -4.63. The number of esters is 1. The average molecular weight is 698 g/mol. The zero-order valence-electron chi connectivity index (χ0n) is 27.8. The first-order valence-electron chi connectivity index (χ1n) is 15.4. The molecule has 2 atom stereocenters. The molecule has 1 aliphatic rings. The predicted molar refractivity (Wildman–Crippen MR) is 166 cm³/mol. The first-order valence-corrected chi connectivity index (χ1v) is 15.4. The molecular weight excluding hydrogens is 660 g/mol. The number of alkyl halides is 6. The van der Waals surface area contributed by atoms with E-state index in [1.54, 1.807) is 32.9 Å². The van der Waals surface area contributed by atoms with E-state index in [2.05, 4.69) is 25.0 Å². The van der Waals surface area contributed by atoms with E-state index in [1.165, 1.54) is 25.3 Å². The van der Waals surface area contributed by atoms with Gasteiger partial charge >= 0.3 is 24.4 Å². The molecule has 1 amide bonds. The third kappa shape index (κ3) is 9.29. The lowest BCUT2D eigenvalue weighted by Gasteiger charge is -2.40. The van der Waals surface area contributed by atoms with Gasteiger partial charge in [0.05, 0.1) is 48.5 Å². The molecule has 49 heavy (non-hydrogen) atoms. The number of carbonyl (C=O) groups excluding carboxylic acids is 2. The third-order valence-electron chi connectivity index (χ3n) is 7.71. The van der Waals surface area contributed by atoms with E-state index in [0.717, 1.165) is 0 Å². The first-order chi connectivity index (χ1) is 22.8. The molecule has 2 aromatic heterocycles. The van der Waals surface area contributed by atoms with Crippen molar-refractivity contribution in [2.75, 3.05) is 24.4 Å². The van der Waals surface area contributed by atoms with E-state index in [-0.39, 0.29) is 48.0 Å². The molecule has 10 nitrogen and oxygen atoms in total. The molecule has 3 aromatic rings. The van der Waals surface area contributed by atoms with E-state index in [9.17, 15) is 35.9 Å². The second-order valence-electron chi connectivity index (χ2n) is 12.4. The Morgan fingerprint density at radius 3 is 2.18 bits per heavy atom. The topological polar surface area (TPSA) is 116 Å². The number of aryl methyl sites for hydroxylation is 1. The minimum absolute atomic E-state index is 0.000907. The molecule has 1 aliphatic heterocycles. The number of nitrogens with zero attached hydrogens (tertiary/aromatic N) is 4. The summed E-state index contributed by atoms with van der Waals surface area (Å²) in [7, 11) is 2.62. The van der Waals surface area contributed by atoms with Crippen LogP contribution in [0.4, 0.5) is 42.8 Å². The maximum absolute atomic E-state index is 13.6. The van der Waals surface area contributed by atoms with Gasteiger partial charge in [0.15, 0.2) is 0 Å². The Kier molecular flexibility index (Phi) is 11.0. The van der Waals surface area contributed by atoms with Crippen LogP contribution in [0.2, 0.25) is 0 Å². The van der Waals surface area contributed by atoms with Crippen molar-refractivity contribution in [1.82, 2.24) is 15.0 Å². The summed E-state index contributed by atoms with van der Waals surface area (Å²) < 4.78 is 97.4. The second kappa shape index (κ2) is 14.5. The summed E-state index contributed by atoms with van der Waals surface area (Å²) in [4.78, 5) is 40.2. The highest BCUT2D eigenvalue weighted by Gasteiger charge is 2.40. The fourth-order valence-electron chi connectivity index (χ4n) is 5.43. The van der Waals surface area contributed by atoms with Crippen LogP contribution >= 0.6 is 0 Å². The number of amides is 1. The highest BCUT2D eigenvalue weighted by atomic mass is 19.4. The van der Waals surface area contributed by atoms with Crippen LogP contribution in [0.15, 0.2) is 36.5 Å². The summed E-state index contributed by atoms with van der Waals surface area (Å²) in [6.45, 7) is 7.15. The molecule has 1 aromatic carbocycles. The molecule has 0 saturated heterocycles. The molecule has 0 unspecified atom stereocenters. The maximum Gasteiger partial charge on any atom is 0.416 e. The zero-order valence-corrected chi connectivity index (χ0v) is 27.8. The van der Waals surface area contributed by atoms with Gasteiger partial charge in [-0.15, -0.1) is 0 Å². The van der Waals surface area contributed by atoms with Crippen molar-refractivity contribution < 1.29 is 50.1 Å². The standard InChI is InChI=1S/C33H37F6N5O5/c1-7-22-16-24(28-25(9-10-26(43-28)47-5)44(22)30(46)49-31(2,3)4)42-29-40-17-19(8-11-27(45)48-6)23(41-29)14-18-12-20(32(34,35)36)15-21(13-18)33(37,38)39/h9-10,12-13,15,17,22,24H,7-8,11,14,16H2,1-6H3,(H,40,41,42)/t22-,24+/m1/s1. The molecule has 16 heteroatoms. The fraction of sp³-hybridized carbons (Fsp3) is 0.485. The molecule has 0 fully saturated rings. The number of rotatable bonds is 9. The lowest BCUT2D eigenvalue weighted by atomic mass is 9.93. The number of halogens is 6. The van der Waals surface area contributed by atoms with Crippen LogP contribution in [0.25, 0.3) is 0 Å². The summed E-state index contributed by atoms with van der Waals surface area (Å²) in [5.74, 6) is -0.319. The number of ether oxygens (including phenoxy) is 3. The van der Waals surface area contributed by atoms with Crippen LogP contribution in [-0.2, 0) is 39.5 Å². The van der Waals surface area contributed by atoms with Crippen molar-refractivity contribution in [3.05, 3.63) is 70.2 Å². The van der Waals surface area contributed by atoms with Gasteiger partial charge in [-0.05, 0) is 75.4 Å². The number of hydrogen-bond donors (Lipinski definition) is 1. The molecule has 266 valence electrons. The SMILES string of the molecule is CC[C@@H]1C[C@H](Nc2ncc(CCC(=O)OC)c(Cc3cc(C(F)(F)F)cc(C(F)(F)F)c3)n2)c2nc(OC)ccc2N1C(=O)OC(C)(C)C. The van der Waals surface area contributed by atoms with Gasteiger partial charge in [0.25, 0.3) is 0 Å². The average Bonchev–Trinajstić information content (AvgIpc) is 3.01. The fourth-order valence-corrected chi connectivity index (χ4v) is 5.43. The predicted octanol–water partition coefficient (Wildman–Crippen LogP) is 7.69. The van der Waals surface area contributed by atoms with Crippen LogP contribution in [0.1, 0.15) is 86.6 Å². The van der Waals surface area contributed by atoms with Gasteiger partial charge < -0.3 is 19.5 Å². The van der Waals surface area contributed by atoms with Crippen LogP contribution < -0.4 is 15.0 Å². The zero-order chi connectivity index (χ0) is 36.3. The molecule has 0 spiro atoms. The molecule has 0 aliphatic carbocycles. The van der Waals surface area contributed by atoms with Crippen molar-refractivity contribution in [3.63, 3.8) is 0 Å². The second-order valence-corrected chi connectivity index (χ2v) is 12.4. The molecule has 0 bridgehead atoms. The Labute approximate surface area is 279 Å². The number of fused-ring (bicyclic) bond motifs is 1. The van der Waals surface area contributed by atoms with Crippen molar-refractivity contribution >= 4 is 23.7 Å². The summed E-state index contributed by atoms with van der Waals surface area (Å²) in [5.41, 5.74) is -2.70. The highest BCUT2D eigenvalue weighted by Crippen LogP contribution is 2.41. The van der Waals surface area contributed by atoms with E-state index in [4.69, 9.17) is 9.47 Å². The maximum atomic E-state index is 13.6. The summed E-state index contributed by atoms with van der Waals surface area (Å²) in [6.07, 6.45) is -8.99. The van der Waals surface area contributed by atoms with Crippen molar-refractivity contribution in [1.29, 1.82) is 0 Å². The Balaban J connectivity index is 1.77. The number of pyridine rings is 1. The van der Waals surface area contributed by atoms with Crippen LogP contribution in [0.3, 0.4) is 0 Å². The van der Waals surface area contributed by atoms with Crippen molar-refractivity contribution in [3.8, 4) is 5.88 Å². The number of methoxy groups -OCH3 is 2. The Morgan fingerprint density at radius 1 is 0.980 bits per heavy atom. The molecule has 0 saturated carbocycles. The monoisotopic (exact) mass is 697 g/mol. The smallest absolute Gasteiger partial charge is 0.416 e. The Bertz CT molecular complexity index is 1640. The van der Waals surface area contributed by atoms with Gasteiger partial charge in [0, 0.05) is 31.1 Å². The van der Waals surface area contributed by atoms with Crippen LogP contribution in [0.5, 0.6) is 5.88 Å². The first kappa shape index (κ1) is 37.2. The van der Waals surface area contributed by atoms with Gasteiger partial charge in [-0.25, -0.2) is 19.7 Å². The van der Waals surface area contributed by atoms with Crippen LogP contribution in [0, 0.1) is 0 Å². The molecule has 1 N–H and O–H groups in total. The summed E-state index contributed by atoms with van der Waals surface area (Å²) in [5, 5.41) is 3.19. The van der Waals surface area contributed by atoms with E-state index in [0.29, 0.717) is 41.9 Å². The largest absolute Gasteiger partial charge is 0.481 e. The molecular formula is C33H37F6N5O5. The third-order valence-corrected chi connectivity index (χ3v) is 7.71. The minimum atomic E-state index is -5.03. The normalized spacial score (nSPS) is 16.5. The number of nitrogens with one attached hydrogen (secondary N) is 1. The number of anilines is 2. The van der Waals surface area contributed by atoms with Crippen LogP contribution in [-0.4, -0.2) is 52.9 Å². The number of hydrogen-bond acceptors (Lipinski definition) is 9. The van der Waals surface area contributed by atoms with E-state index >= 15 is 0 Å². The van der Waals surface area contributed by atoms with Gasteiger partial charge in [-0.2, -0.15) is 26.3 Å². The quantitative estimate of drug-likeness (QED) is 0.178. The van der Waals surface area contributed by atoms with Crippen molar-refractivity contribution in [2.24, 2.45) is 0 Å². The van der Waals surface area contributed by atoms with Gasteiger partial charge in [-0.3, -0.25) is 9.69 Å². The number of benzene rings is 1. The lowest BCUT2D eigenvalue weighted by molar-refractivity contribution is -0.143. The number of carbonyl (C=O) groups is 2. The minimum Gasteiger partial charge on any atom is -0.481 e. The van der Waals surface area contributed by atoms with Crippen molar-refractivity contribution in [2.45, 2.75) is 89.8 Å². The Morgan fingerprint density at radius 2 is 1.63 bits per heavy atom. The summed E-state index contributed by atoms with van der Waals surface area (Å²) >= 11 is 0. The molecule has 3 heterocycles. The highest BCUT2D eigenvalue weighted by molar-refractivity contribution is 5.90. The van der Waals surface area contributed by atoms with Gasteiger partial charge in [0.1, 0.15) is 5.60 Å². The number of aromatic nitrogens is 3. The van der Waals surface area contributed by atoms with E-state index in [1.807, 2.05) is 6.92 Å². The van der Waals surface area contributed by atoms with E-state index < -0.39 is 53.6 Å². The lowest BCUT2D eigenvalue weighted by Crippen LogP contribution is -2.48. The summed E-state index contributed by atoms with van der Waals surface area (Å²) in [6, 6.07) is 3.64. The molecule has 4 rings (SSSR count). The van der Waals surface area contributed by atoms with Gasteiger partial charge in [-0.1, -0.05) is 6.92 Å². The molecule has 0 radical (unpaired) electrons. The van der Waals surface area contributed by atoms with Gasteiger partial charge in [0.2, 0.25) is 11.8 Å².